The minimum Gasteiger partial charge on any atom is -0.396 e. The number of hydrogen-bond acceptors (Lipinski definition) is 2. The van der Waals surface area contributed by atoms with Crippen molar-refractivity contribution in [2.45, 2.75) is 25.7 Å². The lowest BCUT2D eigenvalue weighted by Crippen LogP contribution is -2.24. The normalized spacial score (nSPS) is 14.4. The van der Waals surface area contributed by atoms with Gasteiger partial charge in [-0.25, -0.2) is 4.39 Å². The van der Waals surface area contributed by atoms with Crippen LogP contribution in [0.1, 0.15) is 36.0 Å². The Bertz CT molecular complexity index is 483. The highest BCUT2D eigenvalue weighted by Crippen LogP contribution is 2.19. The molecule has 96 valence electrons. The van der Waals surface area contributed by atoms with Gasteiger partial charge in [-0.1, -0.05) is 11.6 Å². The number of hydrogen-bond donors (Lipinski definition) is 2. The molecule has 0 radical (unpaired) electrons. The van der Waals surface area contributed by atoms with Crippen molar-refractivity contribution in [3.63, 3.8) is 0 Å². The van der Waals surface area contributed by atoms with Gasteiger partial charge >= 0.3 is 0 Å². The second-order valence-corrected chi connectivity index (χ2v) is 4.50. The third-order valence-electron chi connectivity index (χ3n) is 3.13. The van der Waals surface area contributed by atoms with Crippen LogP contribution in [0.25, 0.3) is 0 Å². The summed E-state index contributed by atoms with van der Waals surface area (Å²) in [6.07, 6.45) is 6.60. The van der Waals surface area contributed by atoms with Crippen LogP contribution in [-0.4, -0.2) is 12.5 Å². The molecule has 0 aliphatic heterocycles. The predicted molar refractivity (Wildman–Crippen MR) is 69.7 cm³/mol. The molecule has 3 N–H and O–H groups in total. The number of carbonyl (C=O) groups excluding carboxylic acids is 1. The van der Waals surface area contributed by atoms with Crippen LogP contribution in [0.4, 0.5) is 10.1 Å². The van der Waals surface area contributed by atoms with Crippen LogP contribution in [0.2, 0.25) is 0 Å². The summed E-state index contributed by atoms with van der Waals surface area (Å²) in [6.45, 7) is 0.594. The maximum Gasteiger partial charge on any atom is 0.251 e. The zero-order valence-corrected chi connectivity index (χ0v) is 10.2. The van der Waals surface area contributed by atoms with Crippen molar-refractivity contribution in [2.24, 2.45) is 0 Å². The van der Waals surface area contributed by atoms with Gasteiger partial charge in [-0.3, -0.25) is 4.79 Å². The highest BCUT2D eigenvalue weighted by Gasteiger charge is 2.09. The van der Waals surface area contributed by atoms with Gasteiger partial charge in [0.25, 0.3) is 5.91 Å². The van der Waals surface area contributed by atoms with Crippen molar-refractivity contribution in [3.8, 4) is 0 Å². The van der Waals surface area contributed by atoms with E-state index in [0.29, 0.717) is 12.1 Å². The number of rotatable bonds is 4. The first-order chi connectivity index (χ1) is 8.66. The van der Waals surface area contributed by atoms with Crippen molar-refractivity contribution in [1.82, 2.24) is 5.32 Å². The summed E-state index contributed by atoms with van der Waals surface area (Å²) in [5.74, 6) is -0.811. The fourth-order valence-electron chi connectivity index (χ4n) is 2.07. The van der Waals surface area contributed by atoms with E-state index in [4.69, 9.17) is 5.73 Å². The number of amides is 1. The minimum absolute atomic E-state index is 0.0580. The average molecular weight is 248 g/mol. The maximum atomic E-state index is 13.2. The number of nitrogens with two attached hydrogens (primary N) is 1. The van der Waals surface area contributed by atoms with E-state index in [2.05, 4.69) is 11.4 Å². The molecule has 0 saturated heterocycles. The van der Waals surface area contributed by atoms with Crippen LogP contribution >= 0.6 is 0 Å². The Kier molecular flexibility index (Phi) is 3.97. The number of halogens is 1. The Hall–Kier alpha value is -1.84. The lowest BCUT2D eigenvalue weighted by molar-refractivity contribution is 0.0953. The van der Waals surface area contributed by atoms with E-state index in [1.807, 2.05) is 0 Å². The van der Waals surface area contributed by atoms with E-state index in [0.717, 1.165) is 19.3 Å². The molecule has 0 atom stereocenters. The van der Waals surface area contributed by atoms with Gasteiger partial charge in [0.1, 0.15) is 5.82 Å². The van der Waals surface area contributed by atoms with E-state index < -0.39 is 5.82 Å². The summed E-state index contributed by atoms with van der Waals surface area (Å²) < 4.78 is 13.2. The van der Waals surface area contributed by atoms with Crippen LogP contribution in [-0.2, 0) is 0 Å². The minimum atomic E-state index is -0.554. The molecule has 1 amide bonds. The van der Waals surface area contributed by atoms with Crippen LogP contribution in [0.5, 0.6) is 0 Å². The van der Waals surface area contributed by atoms with Crippen molar-refractivity contribution in [1.29, 1.82) is 0 Å². The molecule has 1 aliphatic rings. The first kappa shape index (κ1) is 12.6. The van der Waals surface area contributed by atoms with Crippen LogP contribution in [0.3, 0.4) is 0 Å². The Morgan fingerprint density at radius 2 is 2.28 bits per heavy atom. The van der Waals surface area contributed by atoms with Gasteiger partial charge in [0, 0.05) is 12.1 Å². The molecule has 0 aromatic heterocycles. The van der Waals surface area contributed by atoms with Crippen LogP contribution < -0.4 is 11.1 Å². The quantitative estimate of drug-likeness (QED) is 0.635. The van der Waals surface area contributed by atoms with Gasteiger partial charge in [-0.05, 0) is 43.9 Å². The molecule has 0 fully saturated rings. The number of allylic oxidation sites excluding steroid dienone is 1. The molecule has 0 unspecified atom stereocenters. The van der Waals surface area contributed by atoms with Crippen LogP contribution in [0.15, 0.2) is 29.8 Å². The molecule has 0 saturated carbocycles. The second-order valence-electron chi connectivity index (χ2n) is 4.50. The lowest BCUT2D eigenvalue weighted by atomic mass is 10.1. The second kappa shape index (κ2) is 5.67. The molecule has 1 aromatic rings. The molecule has 0 bridgehead atoms. The molecule has 18 heavy (non-hydrogen) atoms. The van der Waals surface area contributed by atoms with Crippen molar-refractivity contribution >= 4 is 11.6 Å². The third kappa shape index (κ3) is 3.09. The summed E-state index contributed by atoms with van der Waals surface area (Å²) in [7, 11) is 0. The predicted octanol–water partition coefficient (Wildman–Crippen LogP) is 2.64. The Balaban J connectivity index is 1.85. The number of carbonyl (C=O) groups is 1. The molecule has 0 heterocycles. The maximum absolute atomic E-state index is 13.2. The van der Waals surface area contributed by atoms with Gasteiger partial charge in [0.2, 0.25) is 0 Å². The smallest absolute Gasteiger partial charge is 0.251 e. The Labute approximate surface area is 106 Å². The monoisotopic (exact) mass is 248 g/mol. The standard InChI is InChI=1S/C14H17FN2O/c15-12-9-11(5-6-13(12)16)14(18)17-8-7-10-3-1-2-4-10/h3,5-6,9H,1-2,4,7-8,16H2,(H,17,18). The fourth-order valence-corrected chi connectivity index (χ4v) is 2.07. The number of anilines is 1. The lowest BCUT2D eigenvalue weighted by Gasteiger charge is -2.06. The Morgan fingerprint density at radius 1 is 1.44 bits per heavy atom. The highest BCUT2D eigenvalue weighted by molar-refractivity contribution is 5.94. The van der Waals surface area contributed by atoms with Gasteiger partial charge in [0.05, 0.1) is 5.69 Å². The van der Waals surface area contributed by atoms with Crippen LogP contribution in [0, 0.1) is 5.82 Å². The van der Waals surface area contributed by atoms with E-state index in [-0.39, 0.29) is 11.6 Å². The molecular formula is C14H17FN2O. The summed E-state index contributed by atoms with van der Waals surface area (Å²) in [6, 6.07) is 4.10. The fraction of sp³-hybridized carbons (Fsp3) is 0.357. The molecule has 3 nitrogen and oxygen atoms in total. The zero-order chi connectivity index (χ0) is 13.0. The molecule has 4 heteroatoms. The summed E-state index contributed by atoms with van der Waals surface area (Å²) >= 11 is 0. The molecule has 2 rings (SSSR count). The summed E-state index contributed by atoms with van der Waals surface area (Å²) in [5.41, 5.74) is 7.12. The van der Waals surface area contributed by atoms with Gasteiger partial charge < -0.3 is 11.1 Å². The first-order valence-corrected chi connectivity index (χ1v) is 6.18. The molecule has 0 spiro atoms. The number of nitrogens with one attached hydrogen (secondary N) is 1. The van der Waals surface area contributed by atoms with E-state index in [1.54, 1.807) is 0 Å². The molecular weight excluding hydrogens is 231 g/mol. The third-order valence-corrected chi connectivity index (χ3v) is 3.13. The number of benzene rings is 1. The van der Waals surface area contributed by atoms with Gasteiger partial charge in [-0.2, -0.15) is 0 Å². The summed E-state index contributed by atoms with van der Waals surface area (Å²) in [4.78, 5) is 11.7. The van der Waals surface area contributed by atoms with E-state index in [9.17, 15) is 9.18 Å². The average Bonchev–Trinajstić information content (AvgIpc) is 2.85. The van der Waals surface area contributed by atoms with Crippen molar-refractivity contribution < 1.29 is 9.18 Å². The SMILES string of the molecule is Nc1ccc(C(=O)NCCC2=CCCC2)cc1F. The summed E-state index contributed by atoms with van der Waals surface area (Å²) in [5, 5.41) is 2.79. The topological polar surface area (TPSA) is 55.1 Å². The first-order valence-electron chi connectivity index (χ1n) is 6.18. The van der Waals surface area contributed by atoms with E-state index >= 15 is 0 Å². The van der Waals surface area contributed by atoms with Crippen molar-refractivity contribution in [2.75, 3.05) is 12.3 Å². The van der Waals surface area contributed by atoms with E-state index in [1.165, 1.54) is 30.2 Å². The molecule has 1 aliphatic carbocycles. The van der Waals surface area contributed by atoms with Gasteiger partial charge in [-0.15, -0.1) is 0 Å². The largest absolute Gasteiger partial charge is 0.396 e. The Morgan fingerprint density at radius 3 is 2.94 bits per heavy atom. The number of nitrogen functional groups attached to an aromatic ring is 1. The zero-order valence-electron chi connectivity index (χ0n) is 10.2. The highest BCUT2D eigenvalue weighted by atomic mass is 19.1. The van der Waals surface area contributed by atoms with Gasteiger partial charge in [0.15, 0.2) is 0 Å². The molecule has 1 aromatic carbocycles. The van der Waals surface area contributed by atoms with Crippen molar-refractivity contribution in [3.05, 3.63) is 41.2 Å².